The van der Waals surface area contributed by atoms with Gasteiger partial charge in [0.15, 0.2) is 6.61 Å². The van der Waals surface area contributed by atoms with Gasteiger partial charge in [-0.25, -0.2) is 0 Å². The first-order valence-corrected chi connectivity index (χ1v) is 13.3. The zero-order valence-corrected chi connectivity index (χ0v) is 22.9. The minimum absolute atomic E-state index is 0.0111. The lowest BCUT2D eigenvalue weighted by atomic mass is 10.0. The molecule has 2 atom stereocenters. The molecular weight excluding hydrogens is 484 g/mol. The maximum absolute atomic E-state index is 13.8. The summed E-state index contributed by atoms with van der Waals surface area (Å²) in [5.74, 6) is 0.480. The van der Waals surface area contributed by atoms with Gasteiger partial charge in [-0.3, -0.25) is 9.59 Å². The van der Waals surface area contributed by atoms with Gasteiger partial charge in [0.05, 0.1) is 0 Å². The summed E-state index contributed by atoms with van der Waals surface area (Å²) in [4.78, 5) is 29.0. The fraction of sp³-hybridized carbons (Fsp3) is 0.355. The number of carbonyl (C=O) groups is 2. The van der Waals surface area contributed by atoms with Gasteiger partial charge in [0.2, 0.25) is 5.91 Å². The summed E-state index contributed by atoms with van der Waals surface area (Å²) in [5.41, 5.74) is 2.85. The van der Waals surface area contributed by atoms with Crippen LogP contribution in [-0.2, 0) is 22.6 Å². The largest absolute Gasteiger partial charge is 0.483 e. The van der Waals surface area contributed by atoms with Crippen LogP contribution in [0.15, 0.2) is 78.9 Å². The molecule has 5 nitrogen and oxygen atoms in total. The first-order valence-electron chi connectivity index (χ1n) is 12.9. The van der Waals surface area contributed by atoms with E-state index in [1.807, 2.05) is 86.6 Å². The molecule has 0 aliphatic rings. The monoisotopic (exact) mass is 520 g/mol. The van der Waals surface area contributed by atoms with Gasteiger partial charge in [-0.05, 0) is 54.2 Å². The average Bonchev–Trinajstić information content (AvgIpc) is 2.89. The molecule has 37 heavy (non-hydrogen) atoms. The Balaban J connectivity index is 1.94. The standard InChI is InChI=1S/C31H37ClN2O3/c1-5-23(4)33-31(36)28(19-24-12-7-6-8-13-24)34(20-25-14-11-15-26(32)18-25)30(35)21-37-29-17-10-9-16-27(29)22(2)3/h6-18,22-23,28H,5,19-21H2,1-4H3,(H,33,36). The first-order chi connectivity index (χ1) is 17.8. The molecule has 2 unspecified atom stereocenters. The second kappa shape index (κ2) is 13.8. The van der Waals surface area contributed by atoms with Crippen molar-refractivity contribution in [2.75, 3.05) is 6.61 Å². The number of amides is 2. The zero-order chi connectivity index (χ0) is 26.8. The molecule has 0 radical (unpaired) electrons. The molecule has 1 N–H and O–H groups in total. The Morgan fingerprint density at radius 3 is 2.27 bits per heavy atom. The van der Waals surface area contributed by atoms with E-state index in [-0.39, 0.29) is 36.9 Å². The van der Waals surface area contributed by atoms with Crippen LogP contribution in [0, 0.1) is 0 Å². The van der Waals surface area contributed by atoms with Crippen molar-refractivity contribution >= 4 is 23.4 Å². The molecule has 6 heteroatoms. The molecule has 0 saturated heterocycles. The van der Waals surface area contributed by atoms with Crippen LogP contribution in [0.2, 0.25) is 5.02 Å². The molecule has 0 fully saturated rings. The van der Waals surface area contributed by atoms with E-state index in [2.05, 4.69) is 19.2 Å². The van der Waals surface area contributed by atoms with E-state index in [9.17, 15) is 9.59 Å². The lowest BCUT2D eigenvalue weighted by Crippen LogP contribution is -2.53. The summed E-state index contributed by atoms with van der Waals surface area (Å²) in [7, 11) is 0. The number of rotatable bonds is 12. The normalized spacial score (nSPS) is 12.6. The van der Waals surface area contributed by atoms with Crippen molar-refractivity contribution in [1.29, 1.82) is 0 Å². The molecule has 196 valence electrons. The zero-order valence-electron chi connectivity index (χ0n) is 22.1. The number of benzene rings is 3. The molecule has 3 aromatic carbocycles. The predicted molar refractivity (Wildman–Crippen MR) is 150 cm³/mol. The van der Waals surface area contributed by atoms with Gasteiger partial charge in [0, 0.05) is 24.0 Å². The SMILES string of the molecule is CCC(C)NC(=O)C(Cc1ccccc1)N(Cc1cccc(Cl)c1)C(=O)COc1ccccc1C(C)C. The minimum atomic E-state index is -0.716. The number of hydrogen-bond donors (Lipinski definition) is 1. The van der Waals surface area contributed by atoms with Crippen LogP contribution in [0.1, 0.15) is 56.7 Å². The van der Waals surface area contributed by atoms with Gasteiger partial charge in [0.25, 0.3) is 5.91 Å². The van der Waals surface area contributed by atoms with Crippen molar-refractivity contribution in [3.05, 3.63) is 101 Å². The second-order valence-corrected chi connectivity index (χ2v) is 10.1. The summed E-state index contributed by atoms with van der Waals surface area (Å²) in [6, 6.07) is 24.1. The fourth-order valence-corrected chi connectivity index (χ4v) is 4.35. The van der Waals surface area contributed by atoms with Crippen molar-refractivity contribution in [3.8, 4) is 5.75 Å². The van der Waals surface area contributed by atoms with Crippen LogP contribution in [0.4, 0.5) is 0 Å². The first kappa shape index (κ1) is 28.3. The Morgan fingerprint density at radius 1 is 0.919 bits per heavy atom. The highest BCUT2D eigenvalue weighted by Gasteiger charge is 2.31. The molecule has 0 aromatic heterocycles. The summed E-state index contributed by atoms with van der Waals surface area (Å²) in [5, 5.41) is 3.66. The van der Waals surface area contributed by atoms with Crippen LogP contribution < -0.4 is 10.1 Å². The summed E-state index contributed by atoms with van der Waals surface area (Å²) in [6.07, 6.45) is 1.18. The molecule has 0 aliphatic heterocycles. The lowest BCUT2D eigenvalue weighted by molar-refractivity contribution is -0.143. The van der Waals surface area contributed by atoms with Crippen molar-refractivity contribution in [1.82, 2.24) is 10.2 Å². The third-order valence-electron chi connectivity index (χ3n) is 6.41. The van der Waals surface area contributed by atoms with Crippen LogP contribution >= 0.6 is 11.6 Å². The number of nitrogens with one attached hydrogen (secondary N) is 1. The Kier molecular flexibility index (Phi) is 10.6. The van der Waals surface area contributed by atoms with E-state index in [0.29, 0.717) is 17.2 Å². The average molecular weight is 521 g/mol. The topological polar surface area (TPSA) is 58.6 Å². The van der Waals surface area contributed by atoms with E-state index in [1.165, 1.54) is 0 Å². The van der Waals surface area contributed by atoms with E-state index in [4.69, 9.17) is 16.3 Å². The number of para-hydroxylation sites is 1. The highest BCUT2D eigenvalue weighted by molar-refractivity contribution is 6.30. The summed E-state index contributed by atoms with van der Waals surface area (Å²) >= 11 is 6.25. The highest BCUT2D eigenvalue weighted by atomic mass is 35.5. The number of ether oxygens (including phenoxy) is 1. The van der Waals surface area contributed by atoms with Crippen LogP contribution in [0.3, 0.4) is 0 Å². The Morgan fingerprint density at radius 2 is 1.59 bits per heavy atom. The minimum Gasteiger partial charge on any atom is -0.483 e. The number of hydrogen-bond acceptors (Lipinski definition) is 3. The molecule has 3 rings (SSSR count). The van der Waals surface area contributed by atoms with Gasteiger partial charge in [0.1, 0.15) is 11.8 Å². The van der Waals surface area contributed by atoms with Gasteiger partial charge >= 0.3 is 0 Å². The van der Waals surface area contributed by atoms with Crippen molar-refractivity contribution < 1.29 is 14.3 Å². The van der Waals surface area contributed by atoms with Crippen molar-refractivity contribution in [2.45, 2.75) is 65.1 Å². The summed E-state index contributed by atoms with van der Waals surface area (Å²) < 4.78 is 6.04. The van der Waals surface area contributed by atoms with Crippen LogP contribution in [0.5, 0.6) is 5.75 Å². The quantitative estimate of drug-likeness (QED) is 0.301. The third kappa shape index (κ3) is 8.36. The van der Waals surface area contributed by atoms with E-state index in [1.54, 1.807) is 11.0 Å². The molecule has 0 saturated carbocycles. The maximum atomic E-state index is 13.8. The van der Waals surface area contributed by atoms with Crippen LogP contribution in [-0.4, -0.2) is 35.4 Å². The molecule has 0 bridgehead atoms. The fourth-order valence-electron chi connectivity index (χ4n) is 4.14. The van der Waals surface area contributed by atoms with E-state index in [0.717, 1.165) is 23.1 Å². The molecule has 3 aromatic rings. The van der Waals surface area contributed by atoms with Crippen LogP contribution in [0.25, 0.3) is 0 Å². The second-order valence-electron chi connectivity index (χ2n) is 9.66. The maximum Gasteiger partial charge on any atom is 0.261 e. The van der Waals surface area contributed by atoms with Crippen molar-refractivity contribution in [2.24, 2.45) is 0 Å². The smallest absolute Gasteiger partial charge is 0.261 e. The lowest BCUT2D eigenvalue weighted by Gasteiger charge is -2.32. The van der Waals surface area contributed by atoms with Gasteiger partial charge < -0.3 is 15.0 Å². The summed E-state index contributed by atoms with van der Waals surface area (Å²) in [6.45, 7) is 8.22. The number of carbonyl (C=O) groups excluding carboxylic acids is 2. The number of nitrogens with zero attached hydrogens (tertiary/aromatic N) is 1. The molecular formula is C31H37ClN2O3. The molecule has 2 amide bonds. The number of halogens is 1. The molecule has 0 spiro atoms. The third-order valence-corrected chi connectivity index (χ3v) is 6.64. The van der Waals surface area contributed by atoms with Gasteiger partial charge in [-0.2, -0.15) is 0 Å². The Bertz CT molecular complexity index is 1170. The van der Waals surface area contributed by atoms with Crippen molar-refractivity contribution in [3.63, 3.8) is 0 Å². The Labute approximate surface area is 225 Å². The Hall–Kier alpha value is -3.31. The molecule has 0 heterocycles. The highest BCUT2D eigenvalue weighted by Crippen LogP contribution is 2.26. The van der Waals surface area contributed by atoms with E-state index >= 15 is 0 Å². The predicted octanol–water partition coefficient (Wildman–Crippen LogP) is 6.40. The van der Waals surface area contributed by atoms with E-state index < -0.39 is 6.04 Å². The van der Waals surface area contributed by atoms with Gasteiger partial charge in [-0.15, -0.1) is 0 Å². The van der Waals surface area contributed by atoms with Gasteiger partial charge in [-0.1, -0.05) is 93.0 Å². The molecule has 0 aliphatic carbocycles.